The summed E-state index contributed by atoms with van der Waals surface area (Å²) in [5.41, 5.74) is 2.79. The summed E-state index contributed by atoms with van der Waals surface area (Å²) in [5.74, 6) is 1.77. The number of halogens is 1. The molecule has 1 aromatic rings. The van der Waals surface area contributed by atoms with Gasteiger partial charge in [-0.25, -0.2) is 0 Å². The van der Waals surface area contributed by atoms with E-state index in [0.29, 0.717) is 0 Å². The normalized spacial score (nSPS) is 27.7. The minimum absolute atomic E-state index is 0. The number of hydrogen-bond acceptors (Lipinski definition) is 4. The Kier molecular flexibility index (Phi) is 9.87. The van der Waals surface area contributed by atoms with E-state index >= 15 is 0 Å². The third kappa shape index (κ3) is 6.79. The second-order valence-electron chi connectivity index (χ2n) is 9.06. The first-order valence-electron chi connectivity index (χ1n) is 11.7. The lowest BCUT2D eigenvalue weighted by Gasteiger charge is -2.37. The number of ether oxygens (including phenoxy) is 2. The second-order valence-corrected chi connectivity index (χ2v) is 9.06. The maximum absolute atomic E-state index is 6.01. The summed E-state index contributed by atoms with van der Waals surface area (Å²) in [6, 6.07) is 8.83. The topological polar surface area (TPSA) is 49.3 Å². The number of morpholine rings is 1. The van der Waals surface area contributed by atoms with E-state index in [4.69, 9.17) is 9.47 Å². The molecule has 0 aromatic heterocycles. The van der Waals surface area contributed by atoms with Gasteiger partial charge in [0.1, 0.15) is 6.10 Å². The van der Waals surface area contributed by atoms with Crippen LogP contribution in [0.4, 0.5) is 0 Å². The number of nitrogens with zero attached hydrogens (tertiary/aromatic N) is 3. The van der Waals surface area contributed by atoms with Crippen molar-refractivity contribution >= 4 is 29.9 Å². The van der Waals surface area contributed by atoms with Crippen LogP contribution in [0.5, 0.6) is 0 Å². The number of benzene rings is 1. The van der Waals surface area contributed by atoms with Gasteiger partial charge in [0.2, 0.25) is 0 Å². The van der Waals surface area contributed by atoms with Gasteiger partial charge in [-0.15, -0.1) is 24.0 Å². The van der Waals surface area contributed by atoms with Crippen LogP contribution in [0.2, 0.25) is 0 Å². The summed E-state index contributed by atoms with van der Waals surface area (Å²) in [4.78, 5) is 9.50. The van der Waals surface area contributed by atoms with Crippen molar-refractivity contribution in [2.24, 2.45) is 10.9 Å². The summed E-state index contributed by atoms with van der Waals surface area (Å²) in [6.07, 6.45) is 5.31. The molecule has 0 bridgehead atoms. The maximum Gasteiger partial charge on any atom is 0.194 e. The Morgan fingerprint density at radius 3 is 2.58 bits per heavy atom. The van der Waals surface area contributed by atoms with Crippen molar-refractivity contribution < 1.29 is 9.47 Å². The summed E-state index contributed by atoms with van der Waals surface area (Å²) in [7, 11) is 1.87. The molecule has 1 N–H and O–H groups in total. The summed E-state index contributed by atoms with van der Waals surface area (Å²) < 4.78 is 11.9. The zero-order valence-electron chi connectivity index (χ0n) is 19.1. The summed E-state index contributed by atoms with van der Waals surface area (Å²) >= 11 is 0. The van der Waals surface area contributed by atoms with E-state index in [1.54, 1.807) is 0 Å². The molecule has 0 amide bonds. The zero-order chi connectivity index (χ0) is 20.8. The van der Waals surface area contributed by atoms with E-state index in [1.165, 1.54) is 37.1 Å². The molecule has 4 rings (SSSR count). The van der Waals surface area contributed by atoms with Crippen LogP contribution in [-0.4, -0.2) is 74.4 Å². The number of nitrogens with one attached hydrogen (secondary N) is 1. The van der Waals surface area contributed by atoms with E-state index in [0.717, 1.165) is 64.1 Å². The SMILES string of the molecule is CN=C(NCc1ccccc1CN1CCCC(C)C1)N1CCOC(C2CCCO2)C1.I. The molecule has 3 unspecified atom stereocenters. The first kappa shape index (κ1) is 24.7. The number of rotatable bonds is 5. The fraction of sp³-hybridized carbons (Fsp3) is 0.708. The number of likely N-dealkylation sites (tertiary alicyclic amines) is 1. The largest absolute Gasteiger partial charge is 0.375 e. The third-order valence-corrected chi connectivity index (χ3v) is 6.67. The van der Waals surface area contributed by atoms with E-state index in [9.17, 15) is 0 Å². The van der Waals surface area contributed by atoms with Crippen LogP contribution >= 0.6 is 24.0 Å². The van der Waals surface area contributed by atoms with Crippen molar-refractivity contribution in [2.45, 2.75) is 57.9 Å². The highest BCUT2D eigenvalue weighted by Gasteiger charge is 2.32. The van der Waals surface area contributed by atoms with Crippen molar-refractivity contribution in [3.63, 3.8) is 0 Å². The van der Waals surface area contributed by atoms with Crippen LogP contribution in [0.1, 0.15) is 43.7 Å². The third-order valence-electron chi connectivity index (χ3n) is 6.67. The van der Waals surface area contributed by atoms with E-state index in [1.807, 2.05) is 7.05 Å². The number of hydrogen-bond donors (Lipinski definition) is 1. The van der Waals surface area contributed by atoms with Gasteiger partial charge in [-0.2, -0.15) is 0 Å². The molecule has 0 saturated carbocycles. The quantitative estimate of drug-likeness (QED) is 0.351. The lowest BCUT2D eigenvalue weighted by Crippen LogP contribution is -2.53. The molecule has 1 aromatic carbocycles. The summed E-state index contributed by atoms with van der Waals surface area (Å²) in [6.45, 7) is 9.95. The van der Waals surface area contributed by atoms with Crippen LogP contribution in [0.25, 0.3) is 0 Å². The molecule has 3 heterocycles. The highest BCUT2D eigenvalue weighted by atomic mass is 127. The fourth-order valence-corrected chi connectivity index (χ4v) is 5.05. The Morgan fingerprint density at radius 2 is 1.84 bits per heavy atom. The minimum atomic E-state index is 0. The van der Waals surface area contributed by atoms with Gasteiger partial charge in [-0.3, -0.25) is 9.89 Å². The Labute approximate surface area is 204 Å². The average molecular weight is 543 g/mol. The molecular formula is C24H39IN4O2. The lowest BCUT2D eigenvalue weighted by atomic mass is 9.99. The fourth-order valence-electron chi connectivity index (χ4n) is 5.05. The highest BCUT2D eigenvalue weighted by Crippen LogP contribution is 2.22. The summed E-state index contributed by atoms with van der Waals surface area (Å²) in [5, 5.41) is 3.61. The molecule has 0 aliphatic carbocycles. The van der Waals surface area contributed by atoms with Crippen LogP contribution < -0.4 is 5.32 Å². The Morgan fingerprint density at radius 1 is 1.03 bits per heavy atom. The number of guanidine groups is 1. The molecular weight excluding hydrogens is 503 g/mol. The molecule has 3 aliphatic heterocycles. The van der Waals surface area contributed by atoms with Gasteiger partial charge in [-0.05, 0) is 49.3 Å². The minimum Gasteiger partial charge on any atom is -0.375 e. The molecule has 3 fully saturated rings. The van der Waals surface area contributed by atoms with Gasteiger partial charge in [0.05, 0.1) is 12.7 Å². The van der Waals surface area contributed by atoms with Gasteiger partial charge in [0.25, 0.3) is 0 Å². The Bertz CT molecular complexity index is 711. The molecule has 3 aliphatic rings. The zero-order valence-corrected chi connectivity index (χ0v) is 21.4. The molecule has 6 nitrogen and oxygen atoms in total. The van der Waals surface area contributed by atoms with Crippen molar-refractivity contribution in [2.75, 3.05) is 46.4 Å². The van der Waals surface area contributed by atoms with Gasteiger partial charge in [0, 0.05) is 46.4 Å². The predicted octanol–water partition coefficient (Wildman–Crippen LogP) is 3.49. The van der Waals surface area contributed by atoms with Gasteiger partial charge in [-0.1, -0.05) is 31.2 Å². The molecule has 3 saturated heterocycles. The van der Waals surface area contributed by atoms with Crippen LogP contribution in [0.15, 0.2) is 29.3 Å². The second kappa shape index (κ2) is 12.4. The highest BCUT2D eigenvalue weighted by molar-refractivity contribution is 14.0. The van der Waals surface area contributed by atoms with Crippen LogP contribution in [0, 0.1) is 5.92 Å². The molecule has 31 heavy (non-hydrogen) atoms. The van der Waals surface area contributed by atoms with Crippen molar-refractivity contribution in [1.29, 1.82) is 0 Å². The first-order valence-corrected chi connectivity index (χ1v) is 11.7. The molecule has 0 radical (unpaired) electrons. The van der Waals surface area contributed by atoms with Gasteiger partial charge < -0.3 is 19.7 Å². The molecule has 7 heteroatoms. The van der Waals surface area contributed by atoms with E-state index in [2.05, 4.69) is 51.3 Å². The van der Waals surface area contributed by atoms with E-state index in [-0.39, 0.29) is 36.2 Å². The van der Waals surface area contributed by atoms with Crippen LogP contribution in [0.3, 0.4) is 0 Å². The van der Waals surface area contributed by atoms with Crippen molar-refractivity contribution in [3.8, 4) is 0 Å². The molecule has 0 spiro atoms. The Balaban J connectivity index is 0.00000272. The van der Waals surface area contributed by atoms with Gasteiger partial charge >= 0.3 is 0 Å². The molecule has 3 atom stereocenters. The van der Waals surface area contributed by atoms with Crippen molar-refractivity contribution in [1.82, 2.24) is 15.1 Å². The number of piperidine rings is 1. The first-order chi connectivity index (χ1) is 14.7. The maximum atomic E-state index is 6.01. The predicted molar refractivity (Wildman–Crippen MR) is 136 cm³/mol. The van der Waals surface area contributed by atoms with Gasteiger partial charge in [0.15, 0.2) is 5.96 Å². The average Bonchev–Trinajstić information content (AvgIpc) is 3.31. The monoisotopic (exact) mass is 542 g/mol. The Hall–Kier alpha value is -0.900. The van der Waals surface area contributed by atoms with E-state index < -0.39 is 0 Å². The smallest absolute Gasteiger partial charge is 0.194 e. The van der Waals surface area contributed by atoms with Crippen molar-refractivity contribution in [3.05, 3.63) is 35.4 Å². The number of aliphatic imine (C=N–C) groups is 1. The standard InChI is InChI=1S/C24H38N4O2.HI/c1-19-7-5-11-27(16-19)17-21-9-4-3-8-20(21)15-26-24(25-2)28-12-14-30-23(18-28)22-10-6-13-29-22;/h3-4,8-9,19,22-23H,5-7,10-18H2,1-2H3,(H,25,26);1H. The van der Waals surface area contributed by atoms with Crippen LogP contribution in [-0.2, 0) is 22.6 Å². The molecule has 174 valence electrons. The lowest BCUT2D eigenvalue weighted by molar-refractivity contribution is -0.0817.